The second-order valence-corrected chi connectivity index (χ2v) is 6.08. The zero-order valence-electron chi connectivity index (χ0n) is 13.7. The maximum atomic E-state index is 12.3. The highest BCUT2D eigenvalue weighted by Gasteiger charge is 2.26. The van der Waals surface area contributed by atoms with Gasteiger partial charge in [-0.1, -0.05) is 12.1 Å². The zero-order chi connectivity index (χ0) is 16.2. The Balaban J connectivity index is 1.48. The molecule has 0 saturated heterocycles. The fourth-order valence-corrected chi connectivity index (χ4v) is 3.11. The first-order valence-electron chi connectivity index (χ1n) is 8.10. The van der Waals surface area contributed by atoms with E-state index in [2.05, 4.69) is 15.3 Å². The van der Waals surface area contributed by atoms with Crippen molar-refractivity contribution in [3.05, 3.63) is 47.0 Å². The lowest BCUT2D eigenvalue weighted by Crippen LogP contribution is -2.35. The van der Waals surface area contributed by atoms with Crippen LogP contribution in [0.5, 0.6) is 5.75 Å². The molecule has 1 aliphatic carbocycles. The van der Waals surface area contributed by atoms with Gasteiger partial charge in [-0.25, -0.2) is 4.98 Å². The number of aromatic nitrogens is 2. The highest BCUT2D eigenvalue weighted by molar-refractivity contribution is 5.79. The molecule has 0 saturated carbocycles. The SMILES string of the molecule is COc1ccc(CCNC(=O)C2CCc3nc(C)[nH]c3C2)cc1. The number of aryl methyl sites for hydroxylation is 2. The Morgan fingerprint density at radius 3 is 2.91 bits per heavy atom. The van der Waals surface area contributed by atoms with Gasteiger partial charge in [-0.05, 0) is 43.9 Å². The Kier molecular flexibility index (Phi) is 4.65. The van der Waals surface area contributed by atoms with E-state index in [-0.39, 0.29) is 11.8 Å². The average Bonchev–Trinajstić information content (AvgIpc) is 2.94. The minimum Gasteiger partial charge on any atom is -0.497 e. The molecule has 0 aliphatic heterocycles. The largest absolute Gasteiger partial charge is 0.497 e. The normalized spacial score (nSPS) is 16.7. The highest BCUT2D eigenvalue weighted by atomic mass is 16.5. The number of aromatic amines is 1. The molecule has 1 atom stereocenters. The first kappa shape index (κ1) is 15.6. The molecule has 0 bridgehead atoms. The summed E-state index contributed by atoms with van der Waals surface area (Å²) >= 11 is 0. The van der Waals surface area contributed by atoms with Crippen LogP contribution in [-0.4, -0.2) is 29.5 Å². The van der Waals surface area contributed by atoms with Crippen LogP contribution in [0.1, 0.15) is 29.2 Å². The van der Waals surface area contributed by atoms with E-state index in [9.17, 15) is 4.79 Å². The second kappa shape index (κ2) is 6.86. The Morgan fingerprint density at radius 2 is 2.17 bits per heavy atom. The van der Waals surface area contributed by atoms with Crippen LogP contribution >= 0.6 is 0 Å². The lowest BCUT2D eigenvalue weighted by atomic mass is 9.89. The number of H-pyrrole nitrogens is 1. The number of fused-ring (bicyclic) bond motifs is 1. The lowest BCUT2D eigenvalue weighted by Gasteiger charge is -2.20. The van der Waals surface area contributed by atoms with Crippen LogP contribution < -0.4 is 10.1 Å². The molecule has 122 valence electrons. The summed E-state index contributed by atoms with van der Waals surface area (Å²) in [4.78, 5) is 20.1. The van der Waals surface area contributed by atoms with Crippen molar-refractivity contribution in [2.24, 2.45) is 5.92 Å². The number of hydrogen-bond acceptors (Lipinski definition) is 3. The van der Waals surface area contributed by atoms with Gasteiger partial charge in [-0.15, -0.1) is 0 Å². The van der Waals surface area contributed by atoms with Gasteiger partial charge in [-0.2, -0.15) is 0 Å². The van der Waals surface area contributed by atoms with Crippen molar-refractivity contribution >= 4 is 5.91 Å². The van der Waals surface area contributed by atoms with E-state index in [1.54, 1.807) is 7.11 Å². The Morgan fingerprint density at radius 1 is 1.39 bits per heavy atom. The molecule has 1 aromatic carbocycles. The number of nitrogens with zero attached hydrogens (tertiary/aromatic N) is 1. The zero-order valence-corrected chi connectivity index (χ0v) is 13.7. The Bertz CT molecular complexity index is 676. The van der Waals surface area contributed by atoms with Gasteiger partial charge in [0.05, 0.1) is 12.8 Å². The molecule has 23 heavy (non-hydrogen) atoms. The van der Waals surface area contributed by atoms with Gasteiger partial charge < -0.3 is 15.0 Å². The summed E-state index contributed by atoms with van der Waals surface area (Å²) < 4.78 is 5.14. The molecule has 1 unspecified atom stereocenters. The minimum atomic E-state index is 0.0539. The number of ether oxygens (including phenoxy) is 1. The van der Waals surface area contributed by atoms with Gasteiger partial charge in [0.2, 0.25) is 5.91 Å². The predicted molar refractivity (Wildman–Crippen MR) is 88.5 cm³/mol. The van der Waals surface area contributed by atoms with Gasteiger partial charge in [0.15, 0.2) is 0 Å². The van der Waals surface area contributed by atoms with Crippen molar-refractivity contribution in [1.29, 1.82) is 0 Å². The number of benzene rings is 1. The molecule has 1 aromatic heterocycles. The van der Waals surface area contributed by atoms with Crippen molar-refractivity contribution in [1.82, 2.24) is 15.3 Å². The Hall–Kier alpha value is -2.30. The molecule has 5 heteroatoms. The van der Waals surface area contributed by atoms with E-state index in [0.717, 1.165) is 48.6 Å². The van der Waals surface area contributed by atoms with Crippen LogP contribution in [-0.2, 0) is 24.1 Å². The summed E-state index contributed by atoms with van der Waals surface area (Å²) in [6.45, 7) is 2.62. The molecule has 0 radical (unpaired) electrons. The number of methoxy groups -OCH3 is 1. The van der Waals surface area contributed by atoms with Crippen molar-refractivity contribution in [2.45, 2.75) is 32.6 Å². The van der Waals surface area contributed by atoms with Crippen LogP contribution in [0.2, 0.25) is 0 Å². The first-order chi connectivity index (χ1) is 11.2. The van der Waals surface area contributed by atoms with Crippen molar-refractivity contribution in [3.63, 3.8) is 0 Å². The van der Waals surface area contributed by atoms with Crippen molar-refractivity contribution in [2.75, 3.05) is 13.7 Å². The molecule has 1 aliphatic rings. The molecule has 1 heterocycles. The number of nitrogens with one attached hydrogen (secondary N) is 2. The number of carbonyl (C=O) groups excluding carboxylic acids is 1. The number of imidazole rings is 1. The summed E-state index contributed by atoms with van der Waals surface area (Å²) in [5, 5.41) is 3.06. The van der Waals surface area contributed by atoms with Gasteiger partial charge in [0, 0.05) is 24.6 Å². The highest BCUT2D eigenvalue weighted by Crippen LogP contribution is 2.23. The summed E-state index contributed by atoms with van der Waals surface area (Å²) in [5.41, 5.74) is 3.45. The molecular formula is C18H23N3O2. The molecule has 5 nitrogen and oxygen atoms in total. The van der Waals surface area contributed by atoms with E-state index < -0.39 is 0 Å². The van der Waals surface area contributed by atoms with Crippen molar-refractivity contribution in [3.8, 4) is 5.75 Å². The number of hydrogen-bond donors (Lipinski definition) is 2. The second-order valence-electron chi connectivity index (χ2n) is 6.08. The molecular weight excluding hydrogens is 290 g/mol. The topological polar surface area (TPSA) is 67.0 Å². The van der Waals surface area contributed by atoms with E-state index in [1.165, 1.54) is 5.56 Å². The third-order valence-electron chi connectivity index (χ3n) is 4.41. The number of rotatable bonds is 5. The quantitative estimate of drug-likeness (QED) is 0.889. The van der Waals surface area contributed by atoms with Gasteiger partial charge >= 0.3 is 0 Å². The maximum absolute atomic E-state index is 12.3. The minimum absolute atomic E-state index is 0.0539. The van der Waals surface area contributed by atoms with Crippen LogP contribution in [0, 0.1) is 12.8 Å². The molecule has 2 N–H and O–H groups in total. The van der Waals surface area contributed by atoms with Crippen LogP contribution in [0.4, 0.5) is 0 Å². The monoisotopic (exact) mass is 313 g/mol. The molecule has 1 amide bonds. The van der Waals surface area contributed by atoms with E-state index in [4.69, 9.17) is 4.74 Å². The third kappa shape index (κ3) is 3.73. The van der Waals surface area contributed by atoms with Crippen LogP contribution in [0.25, 0.3) is 0 Å². The summed E-state index contributed by atoms with van der Waals surface area (Å²) in [5.74, 6) is 2.00. The van der Waals surface area contributed by atoms with Gasteiger partial charge in [0.1, 0.15) is 11.6 Å². The van der Waals surface area contributed by atoms with Crippen LogP contribution in [0.3, 0.4) is 0 Å². The summed E-state index contributed by atoms with van der Waals surface area (Å²) in [6, 6.07) is 7.96. The number of amides is 1. The van der Waals surface area contributed by atoms with Crippen LogP contribution in [0.15, 0.2) is 24.3 Å². The Labute approximate surface area is 136 Å². The smallest absolute Gasteiger partial charge is 0.223 e. The number of carbonyl (C=O) groups is 1. The van der Waals surface area contributed by atoms with Gasteiger partial charge in [0.25, 0.3) is 0 Å². The predicted octanol–water partition coefficient (Wildman–Crippen LogP) is 2.19. The lowest BCUT2D eigenvalue weighted by molar-refractivity contribution is -0.125. The van der Waals surface area contributed by atoms with Gasteiger partial charge in [-0.3, -0.25) is 4.79 Å². The van der Waals surface area contributed by atoms with E-state index in [1.807, 2.05) is 31.2 Å². The molecule has 0 fully saturated rings. The molecule has 0 spiro atoms. The fourth-order valence-electron chi connectivity index (χ4n) is 3.11. The van der Waals surface area contributed by atoms with E-state index in [0.29, 0.717) is 6.54 Å². The molecule has 2 aromatic rings. The standard InChI is InChI=1S/C18H23N3O2/c1-12-20-16-8-5-14(11-17(16)21-12)18(22)19-10-9-13-3-6-15(23-2)7-4-13/h3-4,6-7,14H,5,8-11H2,1-2H3,(H,19,22)(H,20,21). The van der Waals surface area contributed by atoms with Crippen molar-refractivity contribution < 1.29 is 9.53 Å². The average molecular weight is 313 g/mol. The first-order valence-corrected chi connectivity index (χ1v) is 8.10. The fraction of sp³-hybridized carbons (Fsp3) is 0.444. The third-order valence-corrected chi connectivity index (χ3v) is 4.41. The maximum Gasteiger partial charge on any atom is 0.223 e. The molecule has 3 rings (SSSR count). The summed E-state index contributed by atoms with van der Waals surface area (Å²) in [7, 11) is 1.66. The summed E-state index contributed by atoms with van der Waals surface area (Å²) in [6.07, 6.45) is 3.36. The van der Waals surface area contributed by atoms with E-state index >= 15 is 0 Å².